The van der Waals surface area contributed by atoms with Gasteiger partial charge in [-0.2, -0.15) is 0 Å². The van der Waals surface area contributed by atoms with Gasteiger partial charge in [0, 0.05) is 44.6 Å². The summed E-state index contributed by atoms with van der Waals surface area (Å²) >= 11 is 0. The van der Waals surface area contributed by atoms with Gasteiger partial charge in [0.05, 0.1) is 27.9 Å². The second-order valence-electron chi connectivity index (χ2n) is 31.6. The lowest BCUT2D eigenvalue weighted by Gasteiger charge is -2.34. The molecule has 5 aliphatic rings. The van der Waals surface area contributed by atoms with Crippen molar-refractivity contribution in [2.24, 2.45) is 0 Å². The van der Waals surface area contributed by atoms with Crippen LogP contribution in [0, 0.1) is 0 Å². The molecule has 2 nitrogen and oxygen atoms in total. The van der Waals surface area contributed by atoms with E-state index in [0.29, 0.717) is 0 Å². The van der Waals surface area contributed by atoms with Gasteiger partial charge >= 0.3 is 0 Å². The van der Waals surface area contributed by atoms with E-state index < -0.39 is 10.8 Å². The molecule has 0 radical (unpaired) electrons. The van der Waals surface area contributed by atoms with E-state index in [2.05, 4.69) is 450 Å². The Kier molecular flexibility index (Phi) is 15.5. The molecule has 1 spiro atoms. The number of rotatable bonds is 11. The molecule has 0 saturated heterocycles. The van der Waals surface area contributed by atoms with Gasteiger partial charge in [0.2, 0.25) is 0 Å². The number of benzene rings is 17. The van der Waals surface area contributed by atoms with Gasteiger partial charge < -0.3 is 9.80 Å². The van der Waals surface area contributed by atoms with Crippen LogP contribution in [0.2, 0.25) is 0 Å². The van der Waals surface area contributed by atoms with Crippen LogP contribution < -0.4 is 9.80 Å². The Labute approximate surface area is 657 Å². The van der Waals surface area contributed by atoms with Crippen molar-refractivity contribution in [2.45, 2.75) is 49.4 Å². The zero-order chi connectivity index (χ0) is 74.9. The molecule has 0 fully saturated rings. The van der Waals surface area contributed by atoms with Gasteiger partial charge in [0.15, 0.2) is 0 Å². The molecule has 0 aromatic heterocycles. The zero-order valence-corrected chi connectivity index (χ0v) is 63.2. The highest BCUT2D eigenvalue weighted by Gasteiger charge is 2.53. The lowest BCUT2D eigenvalue weighted by atomic mass is 9.67. The number of hydrogen-bond acceptors (Lipinski definition) is 2. The van der Waals surface area contributed by atoms with E-state index in [1.165, 1.54) is 161 Å². The quantitative estimate of drug-likeness (QED) is 0.127. The Morgan fingerprint density at radius 1 is 0.170 bits per heavy atom. The molecule has 0 heterocycles. The SMILES string of the molecule is CC1(C)c2ccccc2-c2ccc(N(c3ccc(-c4ccccc4)cc3)c3ccccc3-c3cccc4c3-c3ccccc3C4(c3ccccc3)c3ccccc3)cc21.CC1(C)c2ccccc2-c2ccc(N(c3ccccc3-c3ccccc3)c3cccc4c3-c3ccccc3C43c4ccccc4-c4ccccc43)cc21. The fourth-order valence-electron chi connectivity index (χ4n) is 20.4. The summed E-state index contributed by atoms with van der Waals surface area (Å²) in [6, 6.07) is 153. The first-order valence-electron chi connectivity index (χ1n) is 39.4. The van der Waals surface area contributed by atoms with Crippen LogP contribution >= 0.6 is 0 Å². The van der Waals surface area contributed by atoms with Crippen LogP contribution in [0.25, 0.3) is 89.0 Å². The molecule has 22 rings (SSSR count). The molecule has 530 valence electrons. The summed E-state index contributed by atoms with van der Waals surface area (Å²) < 4.78 is 0. The maximum absolute atomic E-state index is 2.54. The van der Waals surface area contributed by atoms with Crippen molar-refractivity contribution in [3.8, 4) is 89.0 Å². The molecule has 0 aliphatic heterocycles. The molecule has 17 aromatic rings. The Morgan fingerprint density at radius 3 is 1.00 bits per heavy atom. The Hall–Kier alpha value is -13.7. The molecule has 17 aromatic carbocycles. The maximum Gasteiger partial charge on any atom is 0.0726 e. The largest absolute Gasteiger partial charge is 0.310 e. The van der Waals surface area contributed by atoms with Gasteiger partial charge in [-0.3, -0.25) is 0 Å². The predicted octanol–water partition coefficient (Wildman–Crippen LogP) is 28.6. The number of fused-ring (bicyclic) bond motifs is 19. The molecule has 0 unspecified atom stereocenters. The summed E-state index contributed by atoms with van der Waals surface area (Å²) in [5.41, 5.74) is 42.1. The third-order valence-corrected chi connectivity index (χ3v) is 25.3. The van der Waals surface area contributed by atoms with Crippen LogP contribution in [-0.2, 0) is 21.7 Å². The third kappa shape index (κ3) is 9.84. The number of hydrogen-bond donors (Lipinski definition) is 0. The minimum Gasteiger partial charge on any atom is -0.310 e. The Bertz CT molecular complexity index is 6480. The van der Waals surface area contributed by atoms with Crippen LogP contribution in [0.1, 0.15) is 94.5 Å². The van der Waals surface area contributed by atoms with E-state index in [1.807, 2.05) is 0 Å². The lowest BCUT2D eigenvalue weighted by Crippen LogP contribution is -2.28. The van der Waals surface area contributed by atoms with Crippen LogP contribution in [0.4, 0.5) is 34.1 Å². The minimum absolute atomic E-state index is 0.126. The Balaban J connectivity index is 0.000000142. The van der Waals surface area contributed by atoms with Crippen molar-refractivity contribution in [3.05, 3.63) is 479 Å². The van der Waals surface area contributed by atoms with E-state index >= 15 is 0 Å². The third-order valence-electron chi connectivity index (χ3n) is 25.3. The van der Waals surface area contributed by atoms with E-state index in [4.69, 9.17) is 0 Å². The topological polar surface area (TPSA) is 6.48 Å². The fourth-order valence-corrected chi connectivity index (χ4v) is 20.4. The fraction of sp³-hybridized carbons (Fsp3) is 0.0727. The summed E-state index contributed by atoms with van der Waals surface area (Å²) in [6.45, 7) is 9.48. The van der Waals surface area contributed by atoms with Crippen molar-refractivity contribution < 1.29 is 0 Å². The first-order valence-corrected chi connectivity index (χ1v) is 39.4. The van der Waals surface area contributed by atoms with Gasteiger partial charge in [-0.25, -0.2) is 0 Å². The first-order chi connectivity index (χ1) is 55.1. The molecule has 0 bridgehead atoms. The summed E-state index contributed by atoms with van der Waals surface area (Å²) in [5, 5.41) is 0. The van der Waals surface area contributed by atoms with Crippen molar-refractivity contribution in [3.63, 3.8) is 0 Å². The van der Waals surface area contributed by atoms with E-state index in [1.54, 1.807) is 0 Å². The second-order valence-corrected chi connectivity index (χ2v) is 31.6. The van der Waals surface area contributed by atoms with Crippen LogP contribution in [0.5, 0.6) is 0 Å². The van der Waals surface area contributed by atoms with Crippen molar-refractivity contribution in [1.29, 1.82) is 0 Å². The molecule has 0 amide bonds. The van der Waals surface area contributed by atoms with Gasteiger partial charge in [0.1, 0.15) is 0 Å². The average molecular weight is 1430 g/mol. The van der Waals surface area contributed by atoms with E-state index in [0.717, 1.165) is 28.4 Å². The molecule has 2 heteroatoms. The molecular formula is C110H80N2. The van der Waals surface area contributed by atoms with Crippen molar-refractivity contribution in [1.82, 2.24) is 0 Å². The Morgan fingerprint density at radius 2 is 0.482 bits per heavy atom. The van der Waals surface area contributed by atoms with Crippen LogP contribution in [-0.4, -0.2) is 0 Å². The van der Waals surface area contributed by atoms with Gasteiger partial charge in [-0.05, 0) is 194 Å². The highest BCUT2D eigenvalue weighted by atomic mass is 15.2. The minimum atomic E-state index is -0.479. The smallest absolute Gasteiger partial charge is 0.0726 e. The normalized spacial score (nSPS) is 14.2. The van der Waals surface area contributed by atoms with Crippen molar-refractivity contribution in [2.75, 3.05) is 9.80 Å². The van der Waals surface area contributed by atoms with Gasteiger partial charge in [-0.1, -0.05) is 386 Å². The van der Waals surface area contributed by atoms with Gasteiger partial charge in [0.25, 0.3) is 0 Å². The summed E-state index contributed by atoms with van der Waals surface area (Å²) in [5.74, 6) is 0. The summed E-state index contributed by atoms with van der Waals surface area (Å²) in [7, 11) is 0. The molecule has 0 N–H and O–H groups in total. The monoisotopic (exact) mass is 1430 g/mol. The maximum atomic E-state index is 2.54. The predicted molar refractivity (Wildman–Crippen MR) is 467 cm³/mol. The average Bonchev–Trinajstić information content (AvgIpc) is 1.51. The second kappa shape index (κ2) is 26.0. The lowest BCUT2D eigenvalue weighted by molar-refractivity contribution is 0.660. The standard InChI is InChI=1S/C58H43N.C52H37N/c1-57(2)51-29-15-12-25-46(51)47-38-37-45(39-54(47)57)59(44-35-33-41(34-36-44)40-19-6-3-7-20-40)55-32-17-14-26-48(55)49-28-18-31-53-56(49)50-27-13-16-30-52(50)58(53,42-21-8-4-9-22-42)43-23-10-5-11-24-43;1-51(2)42-24-11-6-20-37(42)40-32-31-35(33-47(40)51)53(48-29-15-10-19-36(48)34-17-4-3-5-18-34)49-30-16-28-46-50(49)41-23-9-14-27-45(41)52(46)43-25-12-7-21-38(43)39-22-8-13-26-44(39)52/h3-39H,1-2H3;3-33H,1-2H3. The van der Waals surface area contributed by atoms with Gasteiger partial charge in [-0.15, -0.1) is 0 Å². The van der Waals surface area contributed by atoms with Crippen LogP contribution in [0.15, 0.2) is 413 Å². The molecule has 112 heavy (non-hydrogen) atoms. The van der Waals surface area contributed by atoms with E-state index in [9.17, 15) is 0 Å². The molecule has 0 atom stereocenters. The highest BCUT2D eigenvalue weighted by molar-refractivity contribution is 6.04. The van der Waals surface area contributed by atoms with Crippen molar-refractivity contribution >= 4 is 34.1 Å². The number of anilines is 6. The number of para-hydroxylation sites is 2. The molecule has 5 aliphatic carbocycles. The summed E-state index contributed by atoms with van der Waals surface area (Å²) in [6.07, 6.45) is 0. The summed E-state index contributed by atoms with van der Waals surface area (Å²) in [4.78, 5) is 5.02. The number of nitrogens with zero attached hydrogens (tertiary/aromatic N) is 2. The first kappa shape index (κ1) is 66.5. The zero-order valence-electron chi connectivity index (χ0n) is 63.2. The van der Waals surface area contributed by atoms with E-state index in [-0.39, 0.29) is 10.8 Å². The highest BCUT2D eigenvalue weighted by Crippen LogP contribution is 2.66. The van der Waals surface area contributed by atoms with Crippen LogP contribution in [0.3, 0.4) is 0 Å². The molecular weight excluding hydrogens is 1350 g/mol. The molecule has 0 saturated carbocycles.